The van der Waals surface area contributed by atoms with E-state index >= 15 is 0 Å². The van der Waals surface area contributed by atoms with E-state index in [1.165, 1.54) is 0 Å². The molecule has 1 nitrogen and oxygen atoms in total. The Labute approximate surface area is 126 Å². The normalized spacial score (nSPS) is 10.7. The summed E-state index contributed by atoms with van der Waals surface area (Å²) in [6, 6.07) is 7.14. The van der Waals surface area contributed by atoms with E-state index in [-0.39, 0.29) is 0 Å². The van der Waals surface area contributed by atoms with E-state index < -0.39 is 0 Å². The molecule has 0 bridgehead atoms. The monoisotopic (exact) mass is 319 g/mol. The van der Waals surface area contributed by atoms with Crippen molar-refractivity contribution in [2.75, 3.05) is 0 Å². The Kier molecular flexibility index (Phi) is 4.39. The van der Waals surface area contributed by atoms with Crippen molar-refractivity contribution in [3.63, 3.8) is 0 Å². The van der Waals surface area contributed by atoms with Crippen LogP contribution in [0, 0.1) is 6.92 Å². The van der Waals surface area contributed by atoms with Gasteiger partial charge in [0.1, 0.15) is 0 Å². The van der Waals surface area contributed by atoms with Crippen LogP contribution in [0.5, 0.6) is 0 Å². The second-order valence-corrected chi connectivity index (χ2v) is 5.31. The molecular formula is C13H9Cl4N. The molecule has 2 aromatic rings. The lowest BCUT2D eigenvalue weighted by atomic mass is 10.1. The molecule has 1 aromatic heterocycles. The molecule has 2 rings (SSSR count). The van der Waals surface area contributed by atoms with Crippen LogP contribution in [-0.4, -0.2) is 4.98 Å². The fraction of sp³-hybridized carbons (Fsp3) is 0.154. The van der Waals surface area contributed by atoms with Crippen molar-refractivity contribution < 1.29 is 0 Å². The van der Waals surface area contributed by atoms with Crippen molar-refractivity contribution in [1.29, 1.82) is 0 Å². The van der Waals surface area contributed by atoms with Gasteiger partial charge in [-0.1, -0.05) is 40.9 Å². The Morgan fingerprint density at radius 2 is 1.67 bits per heavy atom. The molecule has 1 aromatic carbocycles. The van der Waals surface area contributed by atoms with Gasteiger partial charge in [0.25, 0.3) is 0 Å². The van der Waals surface area contributed by atoms with Crippen LogP contribution in [0.2, 0.25) is 15.1 Å². The Hall–Kier alpha value is -0.470. The van der Waals surface area contributed by atoms with E-state index in [9.17, 15) is 0 Å². The SMILES string of the molecule is Cc1nc(-c2cc(Cl)c(Cl)cc2Cl)ccc1CCl. The van der Waals surface area contributed by atoms with Crippen molar-refractivity contribution in [1.82, 2.24) is 4.98 Å². The highest BCUT2D eigenvalue weighted by Gasteiger charge is 2.10. The second kappa shape index (κ2) is 5.66. The average Bonchev–Trinajstić information content (AvgIpc) is 2.33. The minimum Gasteiger partial charge on any atom is -0.253 e. The van der Waals surface area contributed by atoms with Gasteiger partial charge in [0, 0.05) is 17.1 Å². The van der Waals surface area contributed by atoms with Crippen LogP contribution in [-0.2, 0) is 5.88 Å². The number of alkyl halides is 1. The summed E-state index contributed by atoms with van der Waals surface area (Å²) in [6.45, 7) is 1.91. The smallest absolute Gasteiger partial charge is 0.0720 e. The molecule has 0 spiro atoms. The molecule has 0 saturated heterocycles. The summed E-state index contributed by atoms with van der Waals surface area (Å²) in [5.74, 6) is 0.439. The maximum atomic E-state index is 6.15. The van der Waals surface area contributed by atoms with E-state index in [4.69, 9.17) is 46.4 Å². The van der Waals surface area contributed by atoms with Crippen LogP contribution in [0.1, 0.15) is 11.3 Å². The fourth-order valence-electron chi connectivity index (χ4n) is 1.60. The molecule has 0 aliphatic heterocycles. The van der Waals surface area contributed by atoms with E-state index in [2.05, 4.69) is 4.98 Å². The molecule has 0 N–H and O–H groups in total. The van der Waals surface area contributed by atoms with Gasteiger partial charge in [0.2, 0.25) is 0 Å². The predicted octanol–water partition coefficient (Wildman–Crippen LogP) is 5.76. The third-order valence-corrected chi connectivity index (χ3v) is 3.95. The fourth-order valence-corrected chi connectivity index (χ4v) is 2.53. The van der Waals surface area contributed by atoms with Crippen molar-refractivity contribution in [3.8, 4) is 11.3 Å². The molecule has 0 unspecified atom stereocenters. The van der Waals surface area contributed by atoms with Crippen molar-refractivity contribution in [2.24, 2.45) is 0 Å². The van der Waals surface area contributed by atoms with Crippen LogP contribution in [0.3, 0.4) is 0 Å². The Morgan fingerprint density at radius 3 is 2.28 bits per heavy atom. The lowest BCUT2D eigenvalue weighted by Crippen LogP contribution is -1.93. The number of aryl methyl sites for hydroxylation is 1. The number of pyridine rings is 1. The molecule has 18 heavy (non-hydrogen) atoms. The zero-order valence-electron chi connectivity index (χ0n) is 9.48. The summed E-state index contributed by atoms with van der Waals surface area (Å²) in [5, 5.41) is 1.41. The lowest BCUT2D eigenvalue weighted by Gasteiger charge is -2.08. The highest BCUT2D eigenvalue weighted by atomic mass is 35.5. The van der Waals surface area contributed by atoms with Gasteiger partial charge in [-0.3, -0.25) is 4.98 Å². The first-order valence-electron chi connectivity index (χ1n) is 5.20. The second-order valence-electron chi connectivity index (χ2n) is 3.82. The molecule has 0 radical (unpaired) electrons. The van der Waals surface area contributed by atoms with Crippen LogP contribution < -0.4 is 0 Å². The predicted molar refractivity (Wildman–Crippen MR) is 79.0 cm³/mol. The zero-order valence-corrected chi connectivity index (χ0v) is 12.5. The summed E-state index contributed by atoms with van der Waals surface area (Å²) in [7, 11) is 0. The minimum absolute atomic E-state index is 0.430. The van der Waals surface area contributed by atoms with E-state index in [1.807, 2.05) is 19.1 Å². The Balaban J connectivity index is 2.55. The number of benzene rings is 1. The largest absolute Gasteiger partial charge is 0.253 e. The third-order valence-electron chi connectivity index (χ3n) is 2.63. The zero-order chi connectivity index (χ0) is 13.3. The van der Waals surface area contributed by atoms with Crippen LogP contribution >= 0.6 is 46.4 Å². The van der Waals surface area contributed by atoms with Crippen LogP contribution in [0.15, 0.2) is 24.3 Å². The number of hydrogen-bond acceptors (Lipinski definition) is 1. The molecular weight excluding hydrogens is 312 g/mol. The van der Waals surface area contributed by atoms with E-state index in [1.54, 1.807) is 12.1 Å². The van der Waals surface area contributed by atoms with Gasteiger partial charge >= 0.3 is 0 Å². The van der Waals surface area contributed by atoms with Crippen molar-refractivity contribution in [3.05, 3.63) is 50.6 Å². The lowest BCUT2D eigenvalue weighted by molar-refractivity contribution is 1.14. The number of rotatable bonds is 2. The van der Waals surface area contributed by atoms with Crippen molar-refractivity contribution in [2.45, 2.75) is 12.8 Å². The number of nitrogens with zero attached hydrogens (tertiary/aromatic N) is 1. The topological polar surface area (TPSA) is 12.9 Å². The van der Waals surface area contributed by atoms with Gasteiger partial charge < -0.3 is 0 Å². The third kappa shape index (κ3) is 2.75. The van der Waals surface area contributed by atoms with Gasteiger partial charge in [0.05, 0.1) is 20.8 Å². The molecule has 0 aliphatic carbocycles. The minimum atomic E-state index is 0.430. The molecule has 1 heterocycles. The van der Waals surface area contributed by atoms with Gasteiger partial charge in [-0.05, 0) is 30.7 Å². The summed E-state index contributed by atoms with van der Waals surface area (Å²) >= 11 is 23.8. The first-order chi connectivity index (χ1) is 8.52. The molecule has 0 amide bonds. The highest BCUT2D eigenvalue weighted by molar-refractivity contribution is 6.44. The van der Waals surface area contributed by atoms with E-state index in [0.29, 0.717) is 20.9 Å². The maximum Gasteiger partial charge on any atom is 0.0720 e. The van der Waals surface area contributed by atoms with Crippen LogP contribution in [0.25, 0.3) is 11.3 Å². The van der Waals surface area contributed by atoms with Gasteiger partial charge in [-0.2, -0.15) is 0 Å². The first-order valence-corrected chi connectivity index (χ1v) is 6.87. The van der Waals surface area contributed by atoms with E-state index in [0.717, 1.165) is 22.5 Å². The maximum absolute atomic E-state index is 6.15. The average molecular weight is 321 g/mol. The summed E-state index contributed by atoms with van der Waals surface area (Å²) < 4.78 is 0. The molecule has 5 heteroatoms. The number of halogens is 4. The van der Waals surface area contributed by atoms with Gasteiger partial charge in [-0.25, -0.2) is 0 Å². The van der Waals surface area contributed by atoms with Crippen molar-refractivity contribution >= 4 is 46.4 Å². The molecule has 0 atom stereocenters. The summed E-state index contributed by atoms with van der Waals surface area (Å²) in [5.41, 5.74) is 3.39. The molecule has 0 saturated carbocycles. The number of aromatic nitrogens is 1. The molecule has 0 aliphatic rings. The summed E-state index contributed by atoms with van der Waals surface area (Å²) in [6.07, 6.45) is 0. The van der Waals surface area contributed by atoms with Crippen LogP contribution in [0.4, 0.5) is 0 Å². The molecule has 94 valence electrons. The standard InChI is InChI=1S/C13H9Cl4N/c1-7-8(6-14)2-3-13(18-7)9-4-11(16)12(17)5-10(9)15/h2-5H,6H2,1H3. The van der Waals surface area contributed by atoms with Gasteiger partial charge in [0.15, 0.2) is 0 Å². The molecule has 0 fully saturated rings. The van der Waals surface area contributed by atoms with Gasteiger partial charge in [-0.15, -0.1) is 11.6 Å². The first kappa shape index (κ1) is 14.0. The Bertz CT molecular complexity index is 596. The Morgan fingerprint density at radius 1 is 1.00 bits per heavy atom. The quantitative estimate of drug-likeness (QED) is 0.506. The highest BCUT2D eigenvalue weighted by Crippen LogP contribution is 2.34. The number of hydrogen-bond donors (Lipinski definition) is 0. The summed E-state index contributed by atoms with van der Waals surface area (Å²) in [4.78, 5) is 4.48.